The second-order valence-electron chi connectivity index (χ2n) is 6.49. The molecule has 21 heavy (non-hydrogen) atoms. The SMILES string of the molecule is O=C(C1=Cc2ccccc2C1)C1CC2CCC(C1)S2(=O)=O. The molecule has 4 heteroatoms. The maximum atomic E-state index is 12.7. The summed E-state index contributed by atoms with van der Waals surface area (Å²) in [6.45, 7) is 0. The highest BCUT2D eigenvalue weighted by molar-refractivity contribution is 7.93. The molecule has 2 saturated heterocycles. The highest BCUT2D eigenvalue weighted by Crippen LogP contribution is 2.42. The van der Waals surface area contributed by atoms with Crippen LogP contribution in [0, 0.1) is 5.92 Å². The van der Waals surface area contributed by atoms with E-state index in [1.165, 1.54) is 5.56 Å². The van der Waals surface area contributed by atoms with E-state index < -0.39 is 9.84 Å². The van der Waals surface area contributed by atoms with Crippen molar-refractivity contribution in [3.63, 3.8) is 0 Å². The molecule has 0 N–H and O–H groups in total. The van der Waals surface area contributed by atoms with E-state index in [0.717, 1.165) is 24.0 Å². The van der Waals surface area contributed by atoms with Crippen LogP contribution in [0.2, 0.25) is 0 Å². The molecule has 2 unspecified atom stereocenters. The van der Waals surface area contributed by atoms with Crippen LogP contribution in [0.15, 0.2) is 29.8 Å². The molecule has 3 aliphatic rings. The van der Waals surface area contributed by atoms with Crippen LogP contribution in [0.25, 0.3) is 6.08 Å². The van der Waals surface area contributed by atoms with E-state index >= 15 is 0 Å². The van der Waals surface area contributed by atoms with E-state index in [0.29, 0.717) is 19.3 Å². The van der Waals surface area contributed by atoms with Gasteiger partial charge < -0.3 is 0 Å². The van der Waals surface area contributed by atoms with Crippen molar-refractivity contribution in [3.8, 4) is 0 Å². The molecule has 0 amide bonds. The standard InChI is InChI=1S/C17H18O3S/c18-17(13-7-11-3-1-2-4-12(11)8-13)14-9-15-5-6-16(10-14)21(15,19)20/h1-4,7,14-16H,5-6,8-10H2. The molecule has 2 heterocycles. The summed E-state index contributed by atoms with van der Waals surface area (Å²) >= 11 is 0. The van der Waals surface area contributed by atoms with Crippen LogP contribution >= 0.6 is 0 Å². The summed E-state index contributed by atoms with van der Waals surface area (Å²) in [6, 6.07) is 8.06. The highest BCUT2D eigenvalue weighted by Gasteiger charge is 2.48. The predicted molar refractivity (Wildman–Crippen MR) is 81.6 cm³/mol. The average Bonchev–Trinajstić information content (AvgIpc) is 2.90. The van der Waals surface area contributed by atoms with Gasteiger partial charge in [-0.1, -0.05) is 24.3 Å². The third-order valence-corrected chi connectivity index (χ3v) is 8.00. The lowest BCUT2D eigenvalue weighted by Gasteiger charge is -2.27. The van der Waals surface area contributed by atoms with Crippen LogP contribution in [-0.4, -0.2) is 24.7 Å². The zero-order valence-corrected chi connectivity index (χ0v) is 12.6. The molecule has 1 aromatic rings. The van der Waals surface area contributed by atoms with Gasteiger partial charge in [0.1, 0.15) is 0 Å². The number of fused-ring (bicyclic) bond motifs is 3. The molecule has 2 atom stereocenters. The second-order valence-corrected chi connectivity index (χ2v) is 9.00. The fraction of sp³-hybridized carbons (Fsp3) is 0.471. The van der Waals surface area contributed by atoms with Gasteiger partial charge in [-0.2, -0.15) is 0 Å². The van der Waals surface area contributed by atoms with Crippen molar-refractivity contribution in [1.82, 2.24) is 0 Å². The third-order valence-electron chi connectivity index (χ3n) is 5.29. The van der Waals surface area contributed by atoms with Gasteiger partial charge in [-0.3, -0.25) is 4.79 Å². The number of benzene rings is 1. The van der Waals surface area contributed by atoms with Crippen LogP contribution in [0.1, 0.15) is 36.8 Å². The van der Waals surface area contributed by atoms with Crippen molar-refractivity contribution in [2.75, 3.05) is 0 Å². The molecule has 0 saturated carbocycles. The molecular formula is C17H18O3S. The van der Waals surface area contributed by atoms with Gasteiger partial charge in [0.2, 0.25) is 0 Å². The van der Waals surface area contributed by atoms with Crippen molar-refractivity contribution < 1.29 is 13.2 Å². The first-order valence-electron chi connectivity index (χ1n) is 7.61. The Hall–Kier alpha value is -1.42. The number of carbonyl (C=O) groups is 1. The third kappa shape index (κ3) is 2.00. The summed E-state index contributed by atoms with van der Waals surface area (Å²) in [4.78, 5) is 12.7. The van der Waals surface area contributed by atoms with Crippen LogP contribution in [0.4, 0.5) is 0 Å². The molecular weight excluding hydrogens is 284 g/mol. The zero-order chi connectivity index (χ0) is 14.6. The lowest BCUT2D eigenvalue weighted by atomic mass is 9.89. The van der Waals surface area contributed by atoms with Gasteiger partial charge in [-0.25, -0.2) is 8.42 Å². The number of hydrogen-bond acceptors (Lipinski definition) is 3. The van der Waals surface area contributed by atoms with Gasteiger partial charge in [-0.15, -0.1) is 0 Å². The lowest BCUT2D eigenvalue weighted by molar-refractivity contribution is -0.119. The Balaban J connectivity index is 1.56. The minimum Gasteiger partial charge on any atom is -0.294 e. The van der Waals surface area contributed by atoms with Gasteiger partial charge in [-0.05, 0) is 42.9 Å². The van der Waals surface area contributed by atoms with Gasteiger partial charge in [0, 0.05) is 17.9 Å². The molecule has 2 bridgehead atoms. The second kappa shape index (κ2) is 4.54. The Labute approximate surface area is 125 Å². The number of hydrogen-bond donors (Lipinski definition) is 0. The van der Waals surface area contributed by atoms with E-state index in [2.05, 4.69) is 6.07 Å². The summed E-state index contributed by atoms with van der Waals surface area (Å²) in [5.41, 5.74) is 3.19. The molecule has 4 rings (SSSR count). The quantitative estimate of drug-likeness (QED) is 0.843. The topological polar surface area (TPSA) is 51.2 Å². The Morgan fingerprint density at radius 3 is 2.38 bits per heavy atom. The van der Waals surface area contributed by atoms with Crippen LogP contribution in [0.5, 0.6) is 0 Å². The predicted octanol–water partition coefficient (Wildman–Crippen LogP) is 2.55. The van der Waals surface area contributed by atoms with E-state index in [9.17, 15) is 13.2 Å². The number of ketones is 1. The first-order chi connectivity index (χ1) is 10.1. The average molecular weight is 302 g/mol. The normalized spacial score (nSPS) is 32.6. The first-order valence-corrected chi connectivity index (χ1v) is 9.22. The number of allylic oxidation sites excluding steroid dienone is 1. The van der Waals surface area contributed by atoms with E-state index in [1.807, 2.05) is 24.3 Å². The molecule has 1 aromatic carbocycles. The summed E-state index contributed by atoms with van der Waals surface area (Å²) in [5, 5.41) is -0.538. The Morgan fingerprint density at radius 2 is 1.71 bits per heavy atom. The number of rotatable bonds is 2. The largest absolute Gasteiger partial charge is 0.294 e. The molecule has 3 nitrogen and oxygen atoms in total. The molecule has 110 valence electrons. The summed E-state index contributed by atoms with van der Waals surface area (Å²) in [5.74, 6) is 0.0876. The minimum absolute atomic E-state index is 0.0911. The Bertz CT molecular complexity index is 725. The molecule has 0 aromatic heterocycles. The van der Waals surface area contributed by atoms with Gasteiger partial charge in [0.05, 0.1) is 10.5 Å². The maximum absolute atomic E-state index is 12.7. The van der Waals surface area contributed by atoms with E-state index in [4.69, 9.17) is 0 Å². The maximum Gasteiger partial charge on any atom is 0.162 e. The Morgan fingerprint density at radius 1 is 1.05 bits per heavy atom. The van der Waals surface area contributed by atoms with Crippen molar-refractivity contribution in [1.29, 1.82) is 0 Å². The highest BCUT2D eigenvalue weighted by atomic mass is 32.2. The molecule has 0 radical (unpaired) electrons. The fourth-order valence-corrected chi connectivity index (χ4v) is 6.60. The molecule has 1 aliphatic carbocycles. The first kappa shape index (κ1) is 13.3. The lowest BCUT2D eigenvalue weighted by Crippen LogP contribution is -2.36. The summed E-state index contributed by atoms with van der Waals surface area (Å²) < 4.78 is 24.2. The van der Waals surface area contributed by atoms with Crippen molar-refractivity contribution in [2.45, 2.75) is 42.6 Å². The number of Topliss-reactive ketones (excluding diaryl/α,β-unsaturated/α-hetero) is 1. The van der Waals surface area contributed by atoms with Crippen LogP contribution in [-0.2, 0) is 21.1 Å². The van der Waals surface area contributed by atoms with E-state index in [-0.39, 0.29) is 22.2 Å². The monoisotopic (exact) mass is 302 g/mol. The minimum atomic E-state index is -2.94. The zero-order valence-electron chi connectivity index (χ0n) is 11.8. The van der Waals surface area contributed by atoms with Crippen LogP contribution in [0.3, 0.4) is 0 Å². The van der Waals surface area contributed by atoms with Crippen molar-refractivity contribution >= 4 is 21.7 Å². The molecule has 2 aliphatic heterocycles. The van der Waals surface area contributed by atoms with E-state index in [1.54, 1.807) is 0 Å². The van der Waals surface area contributed by atoms with Crippen molar-refractivity contribution in [2.24, 2.45) is 5.92 Å². The fourth-order valence-electron chi connectivity index (χ4n) is 4.12. The summed E-state index contributed by atoms with van der Waals surface area (Å²) in [6.07, 6.45) is 5.25. The smallest absolute Gasteiger partial charge is 0.162 e. The number of sulfone groups is 1. The van der Waals surface area contributed by atoms with Gasteiger partial charge in [0.25, 0.3) is 0 Å². The summed E-state index contributed by atoms with van der Waals surface area (Å²) in [7, 11) is -2.94. The number of carbonyl (C=O) groups excluding carboxylic acids is 1. The van der Waals surface area contributed by atoms with Crippen molar-refractivity contribution in [3.05, 3.63) is 41.0 Å². The molecule has 2 fully saturated rings. The van der Waals surface area contributed by atoms with Crippen LogP contribution < -0.4 is 0 Å². The molecule has 0 spiro atoms. The van der Waals surface area contributed by atoms with Gasteiger partial charge in [0.15, 0.2) is 15.6 Å². The van der Waals surface area contributed by atoms with Gasteiger partial charge >= 0.3 is 0 Å². The Kier molecular flexibility index (Phi) is 2.86.